The standard InChI is InChI=1S/C15H18IN3O2/c1-9-3-2-4-19(7-9)8-10-5-12(15(20)21)18-14-11(16)6-17-13(10)14/h5-6,9,17H,2-4,7-8H2,1H3,(H,20,21)/t9-/m0/s1. The molecule has 3 rings (SSSR count). The molecule has 0 aromatic carbocycles. The van der Waals surface area contributed by atoms with E-state index in [0.717, 1.165) is 39.8 Å². The van der Waals surface area contributed by atoms with Crippen molar-refractivity contribution in [3.63, 3.8) is 0 Å². The lowest BCUT2D eigenvalue weighted by Gasteiger charge is -2.30. The Kier molecular flexibility index (Phi) is 4.17. The second-order valence-corrected chi connectivity index (χ2v) is 6.98. The van der Waals surface area contributed by atoms with Gasteiger partial charge in [0, 0.05) is 19.3 Å². The van der Waals surface area contributed by atoms with Crippen molar-refractivity contribution in [2.24, 2.45) is 5.92 Å². The zero-order valence-corrected chi connectivity index (χ0v) is 14.1. The van der Waals surface area contributed by atoms with Crippen LogP contribution >= 0.6 is 22.6 Å². The van der Waals surface area contributed by atoms with Gasteiger partial charge in [0.25, 0.3) is 0 Å². The van der Waals surface area contributed by atoms with Crippen LogP contribution < -0.4 is 0 Å². The second kappa shape index (κ2) is 5.92. The van der Waals surface area contributed by atoms with Crippen LogP contribution in [0.3, 0.4) is 0 Å². The Bertz CT molecular complexity index is 683. The molecule has 5 nitrogen and oxygen atoms in total. The van der Waals surface area contributed by atoms with Crippen molar-refractivity contribution in [1.29, 1.82) is 0 Å². The molecule has 0 amide bonds. The molecule has 6 heteroatoms. The van der Waals surface area contributed by atoms with Gasteiger partial charge in [0.05, 0.1) is 9.09 Å². The second-order valence-electron chi connectivity index (χ2n) is 5.81. The van der Waals surface area contributed by atoms with Gasteiger partial charge in [-0.1, -0.05) is 6.92 Å². The summed E-state index contributed by atoms with van der Waals surface area (Å²) in [6.45, 7) is 5.20. The molecule has 0 saturated carbocycles. The Labute approximate surface area is 136 Å². The van der Waals surface area contributed by atoms with E-state index in [1.165, 1.54) is 12.8 Å². The third-order valence-corrected chi connectivity index (χ3v) is 4.85. The summed E-state index contributed by atoms with van der Waals surface area (Å²) >= 11 is 2.18. The summed E-state index contributed by atoms with van der Waals surface area (Å²) in [5.74, 6) is -0.263. The normalized spacial score (nSPS) is 20.0. The van der Waals surface area contributed by atoms with Crippen molar-refractivity contribution in [3.05, 3.63) is 27.1 Å². The number of piperidine rings is 1. The van der Waals surface area contributed by atoms with Crippen molar-refractivity contribution in [1.82, 2.24) is 14.9 Å². The number of likely N-dealkylation sites (tertiary alicyclic amines) is 1. The number of nitrogens with zero attached hydrogens (tertiary/aromatic N) is 2. The molecule has 1 aliphatic rings. The topological polar surface area (TPSA) is 69.2 Å². The first kappa shape index (κ1) is 14.8. The maximum absolute atomic E-state index is 11.3. The largest absolute Gasteiger partial charge is 0.477 e. The Balaban J connectivity index is 1.98. The van der Waals surface area contributed by atoms with Gasteiger partial charge in [-0.05, 0) is 59.5 Å². The van der Waals surface area contributed by atoms with Gasteiger partial charge in [-0.25, -0.2) is 9.78 Å². The van der Waals surface area contributed by atoms with E-state index in [1.807, 2.05) is 6.20 Å². The minimum Gasteiger partial charge on any atom is -0.477 e. The van der Waals surface area contributed by atoms with Crippen LogP contribution in [0.15, 0.2) is 12.3 Å². The van der Waals surface area contributed by atoms with Crippen molar-refractivity contribution in [2.75, 3.05) is 13.1 Å². The number of nitrogens with one attached hydrogen (secondary N) is 1. The highest BCUT2D eigenvalue weighted by Gasteiger charge is 2.20. The Morgan fingerprint density at radius 1 is 1.62 bits per heavy atom. The molecule has 112 valence electrons. The average molecular weight is 399 g/mol. The summed E-state index contributed by atoms with van der Waals surface area (Å²) in [6.07, 6.45) is 4.37. The van der Waals surface area contributed by atoms with E-state index in [1.54, 1.807) is 6.07 Å². The van der Waals surface area contributed by atoms with Crippen LogP contribution in [0.1, 0.15) is 35.8 Å². The minimum atomic E-state index is -0.970. The minimum absolute atomic E-state index is 0.125. The molecule has 0 radical (unpaired) electrons. The number of pyridine rings is 1. The molecule has 1 aliphatic heterocycles. The lowest BCUT2D eigenvalue weighted by Crippen LogP contribution is -2.33. The molecular weight excluding hydrogens is 381 g/mol. The Morgan fingerprint density at radius 2 is 2.43 bits per heavy atom. The lowest BCUT2D eigenvalue weighted by atomic mass is 9.99. The maximum atomic E-state index is 11.3. The molecule has 0 bridgehead atoms. The number of carboxylic acids is 1. The predicted molar refractivity (Wildman–Crippen MR) is 89.4 cm³/mol. The highest BCUT2D eigenvalue weighted by atomic mass is 127. The van der Waals surface area contributed by atoms with E-state index in [0.29, 0.717) is 5.92 Å². The molecule has 21 heavy (non-hydrogen) atoms. The first-order chi connectivity index (χ1) is 10.0. The number of hydrogen-bond donors (Lipinski definition) is 2. The van der Waals surface area contributed by atoms with Crippen LogP contribution in [0.2, 0.25) is 0 Å². The fraction of sp³-hybridized carbons (Fsp3) is 0.467. The molecule has 3 heterocycles. The molecule has 2 aromatic heterocycles. The number of carboxylic acid groups (broad SMARTS) is 1. The number of H-pyrrole nitrogens is 1. The van der Waals surface area contributed by atoms with Crippen LogP contribution in [0, 0.1) is 9.49 Å². The van der Waals surface area contributed by atoms with Crippen molar-refractivity contribution >= 4 is 39.6 Å². The summed E-state index contributed by atoms with van der Waals surface area (Å²) < 4.78 is 0.957. The summed E-state index contributed by atoms with van der Waals surface area (Å²) in [6, 6.07) is 1.70. The molecular formula is C15H18IN3O2. The Morgan fingerprint density at radius 3 is 3.14 bits per heavy atom. The van der Waals surface area contributed by atoms with E-state index in [2.05, 4.69) is 44.4 Å². The number of aromatic carboxylic acids is 1. The fourth-order valence-electron chi connectivity index (χ4n) is 3.04. The Hall–Kier alpha value is -1.15. The van der Waals surface area contributed by atoms with E-state index in [4.69, 9.17) is 0 Å². The smallest absolute Gasteiger partial charge is 0.354 e. The zero-order chi connectivity index (χ0) is 15.0. The number of aromatic nitrogens is 2. The number of carbonyl (C=O) groups is 1. The summed E-state index contributed by atoms with van der Waals surface area (Å²) in [5, 5.41) is 9.26. The van der Waals surface area contributed by atoms with E-state index < -0.39 is 5.97 Å². The monoisotopic (exact) mass is 399 g/mol. The molecule has 1 saturated heterocycles. The van der Waals surface area contributed by atoms with Gasteiger partial charge in [-0.2, -0.15) is 0 Å². The molecule has 2 aromatic rings. The van der Waals surface area contributed by atoms with Crippen molar-refractivity contribution < 1.29 is 9.90 Å². The molecule has 0 unspecified atom stereocenters. The summed E-state index contributed by atoms with van der Waals surface area (Å²) in [5.41, 5.74) is 2.87. The highest BCUT2D eigenvalue weighted by molar-refractivity contribution is 14.1. The van der Waals surface area contributed by atoms with Gasteiger partial charge in [-0.3, -0.25) is 4.90 Å². The third-order valence-electron chi connectivity index (χ3n) is 4.02. The first-order valence-electron chi connectivity index (χ1n) is 7.16. The molecule has 1 atom stereocenters. The first-order valence-corrected chi connectivity index (χ1v) is 8.24. The van der Waals surface area contributed by atoms with Crippen molar-refractivity contribution in [2.45, 2.75) is 26.3 Å². The van der Waals surface area contributed by atoms with Gasteiger partial charge >= 0.3 is 5.97 Å². The van der Waals surface area contributed by atoms with Crippen molar-refractivity contribution in [3.8, 4) is 0 Å². The SMILES string of the molecule is C[C@H]1CCCN(Cc2cc(C(=O)O)nc3c(I)c[nH]c23)C1. The van der Waals surface area contributed by atoms with Crippen LogP contribution in [-0.4, -0.2) is 39.0 Å². The van der Waals surface area contributed by atoms with Crippen LogP contribution in [-0.2, 0) is 6.54 Å². The van der Waals surface area contributed by atoms with E-state index in [9.17, 15) is 9.90 Å². The van der Waals surface area contributed by atoms with Gasteiger partial charge in [-0.15, -0.1) is 0 Å². The quantitative estimate of drug-likeness (QED) is 0.779. The predicted octanol–water partition coefficient (Wildman–Crippen LogP) is 3.10. The highest BCUT2D eigenvalue weighted by Crippen LogP contribution is 2.25. The van der Waals surface area contributed by atoms with Crippen LogP contribution in [0.5, 0.6) is 0 Å². The van der Waals surface area contributed by atoms with Crippen LogP contribution in [0.25, 0.3) is 11.0 Å². The molecule has 0 spiro atoms. The van der Waals surface area contributed by atoms with E-state index in [-0.39, 0.29) is 5.69 Å². The summed E-state index contributed by atoms with van der Waals surface area (Å²) in [7, 11) is 0. The number of aromatic amines is 1. The molecule has 1 fully saturated rings. The number of halogens is 1. The summed E-state index contributed by atoms with van der Waals surface area (Å²) in [4.78, 5) is 21.2. The van der Waals surface area contributed by atoms with Gasteiger partial charge < -0.3 is 10.1 Å². The number of rotatable bonds is 3. The molecule has 2 N–H and O–H groups in total. The van der Waals surface area contributed by atoms with Gasteiger partial charge in [0.2, 0.25) is 0 Å². The number of fused-ring (bicyclic) bond motifs is 1. The lowest BCUT2D eigenvalue weighted by molar-refractivity contribution is 0.0690. The average Bonchev–Trinajstić information content (AvgIpc) is 2.81. The fourth-order valence-corrected chi connectivity index (χ4v) is 3.59. The van der Waals surface area contributed by atoms with Crippen LogP contribution in [0.4, 0.5) is 0 Å². The zero-order valence-electron chi connectivity index (χ0n) is 11.9. The molecule has 0 aliphatic carbocycles. The van der Waals surface area contributed by atoms with Gasteiger partial charge in [0.15, 0.2) is 0 Å². The van der Waals surface area contributed by atoms with E-state index >= 15 is 0 Å². The maximum Gasteiger partial charge on any atom is 0.354 e. The van der Waals surface area contributed by atoms with Gasteiger partial charge in [0.1, 0.15) is 11.2 Å². The number of hydrogen-bond acceptors (Lipinski definition) is 3. The third kappa shape index (κ3) is 3.06.